The molecule has 1 saturated heterocycles. The average molecular weight is 315 g/mol. The van der Waals surface area contributed by atoms with Gasteiger partial charge in [0, 0.05) is 24.1 Å². The smallest absolute Gasteiger partial charge is 0.255 e. The Kier molecular flexibility index (Phi) is 4.69. The number of carbonyl (C=O) groups is 1. The predicted molar refractivity (Wildman–Crippen MR) is 71.3 cm³/mol. The molecule has 2 heterocycles. The van der Waals surface area contributed by atoms with Crippen LogP contribution in [-0.4, -0.2) is 33.7 Å². The molecular formula is C13H16BrFN2O. The first-order valence-electron chi connectivity index (χ1n) is 6.20. The summed E-state index contributed by atoms with van der Waals surface area (Å²) in [4.78, 5) is 17.9. The molecule has 0 bridgehead atoms. The number of hydrogen-bond acceptors (Lipinski definition) is 2. The molecule has 0 N–H and O–H groups in total. The van der Waals surface area contributed by atoms with Gasteiger partial charge in [-0.15, -0.1) is 0 Å². The Bertz CT molecular complexity index is 425. The van der Waals surface area contributed by atoms with Crippen LogP contribution in [0, 0.1) is 5.82 Å². The summed E-state index contributed by atoms with van der Waals surface area (Å²) in [5.74, 6) is -0.567. The van der Waals surface area contributed by atoms with Crippen molar-refractivity contribution < 1.29 is 9.18 Å². The Morgan fingerprint density at radius 1 is 1.50 bits per heavy atom. The van der Waals surface area contributed by atoms with Crippen molar-refractivity contribution in [2.24, 2.45) is 0 Å². The lowest BCUT2D eigenvalue weighted by atomic mass is 9.99. The van der Waals surface area contributed by atoms with Gasteiger partial charge < -0.3 is 4.90 Å². The summed E-state index contributed by atoms with van der Waals surface area (Å²) in [6, 6.07) is 1.52. The van der Waals surface area contributed by atoms with Crippen LogP contribution >= 0.6 is 15.9 Å². The minimum atomic E-state index is -0.463. The van der Waals surface area contributed by atoms with Crippen LogP contribution in [-0.2, 0) is 0 Å². The van der Waals surface area contributed by atoms with E-state index in [1.165, 1.54) is 12.3 Å². The third-order valence-electron chi connectivity index (χ3n) is 3.28. The number of piperidine rings is 1. The van der Waals surface area contributed by atoms with Crippen molar-refractivity contribution in [1.82, 2.24) is 9.88 Å². The number of hydrogen-bond donors (Lipinski definition) is 0. The standard InChI is InChI=1S/C13H16BrFN2O/c14-5-4-12-3-1-2-6-17(12)13(18)10-7-11(15)9-16-8-10/h7-9,12H,1-6H2. The maximum absolute atomic E-state index is 13.1. The number of pyridine rings is 1. The van der Waals surface area contributed by atoms with Gasteiger partial charge in [0.05, 0.1) is 11.8 Å². The molecular weight excluding hydrogens is 299 g/mol. The summed E-state index contributed by atoms with van der Waals surface area (Å²) in [5, 5.41) is 0.878. The highest BCUT2D eigenvalue weighted by molar-refractivity contribution is 9.09. The van der Waals surface area contributed by atoms with Crippen molar-refractivity contribution in [2.45, 2.75) is 31.7 Å². The van der Waals surface area contributed by atoms with Gasteiger partial charge in [-0.05, 0) is 31.7 Å². The molecule has 0 aromatic carbocycles. The van der Waals surface area contributed by atoms with Crippen molar-refractivity contribution >= 4 is 21.8 Å². The van der Waals surface area contributed by atoms with E-state index in [4.69, 9.17) is 0 Å². The molecule has 1 aromatic heterocycles. The van der Waals surface area contributed by atoms with Crippen molar-refractivity contribution in [3.63, 3.8) is 0 Å². The van der Waals surface area contributed by atoms with Crippen molar-refractivity contribution in [2.75, 3.05) is 11.9 Å². The number of rotatable bonds is 3. The summed E-state index contributed by atoms with van der Waals surface area (Å²) in [5.41, 5.74) is 0.344. The number of amides is 1. The molecule has 1 aliphatic heterocycles. The molecule has 2 rings (SSSR count). The molecule has 0 aliphatic carbocycles. The molecule has 1 unspecified atom stereocenters. The number of halogens is 2. The van der Waals surface area contributed by atoms with Crippen LogP contribution in [0.4, 0.5) is 4.39 Å². The third kappa shape index (κ3) is 3.07. The number of carbonyl (C=O) groups excluding carboxylic acids is 1. The molecule has 18 heavy (non-hydrogen) atoms. The first-order chi connectivity index (χ1) is 8.72. The van der Waals surface area contributed by atoms with Gasteiger partial charge in [-0.1, -0.05) is 15.9 Å². The highest BCUT2D eigenvalue weighted by Gasteiger charge is 2.27. The molecule has 1 aromatic rings. The second-order valence-corrected chi connectivity index (χ2v) is 5.31. The van der Waals surface area contributed by atoms with Crippen LogP contribution in [0.15, 0.2) is 18.5 Å². The average Bonchev–Trinajstić information content (AvgIpc) is 2.39. The Morgan fingerprint density at radius 3 is 3.06 bits per heavy atom. The lowest BCUT2D eigenvalue weighted by molar-refractivity contribution is 0.0609. The van der Waals surface area contributed by atoms with Crippen molar-refractivity contribution in [1.29, 1.82) is 0 Å². The van der Waals surface area contributed by atoms with Crippen molar-refractivity contribution in [3.05, 3.63) is 29.8 Å². The minimum absolute atomic E-state index is 0.104. The van der Waals surface area contributed by atoms with E-state index in [1.54, 1.807) is 0 Å². The van der Waals surface area contributed by atoms with E-state index in [2.05, 4.69) is 20.9 Å². The highest BCUT2D eigenvalue weighted by atomic mass is 79.9. The molecule has 0 radical (unpaired) electrons. The van der Waals surface area contributed by atoms with E-state index in [-0.39, 0.29) is 11.9 Å². The lowest BCUT2D eigenvalue weighted by Crippen LogP contribution is -2.44. The van der Waals surface area contributed by atoms with E-state index < -0.39 is 5.82 Å². The molecule has 0 saturated carbocycles. The van der Waals surface area contributed by atoms with Gasteiger partial charge >= 0.3 is 0 Å². The number of nitrogens with zero attached hydrogens (tertiary/aromatic N) is 2. The highest BCUT2D eigenvalue weighted by Crippen LogP contribution is 2.22. The zero-order valence-corrected chi connectivity index (χ0v) is 11.7. The summed E-state index contributed by atoms with van der Waals surface area (Å²) >= 11 is 3.42. The summed E-state index contributed by atoms with van der Waals surface area (Å²) in [6.07, 6.45) is 6.69. The number of aromatic nitrogens is 1. The van der Waals surface area contributed by atoms with E-state index in [0.717, 1.165) is 43.8 Å². The first kappa shape index (κ1) is 13.5. The molecule has 1 fully saturated rings. The lowest BCUT2D eigenvalue weighted by Gasteiger charge is -2.35. The van der Waals surface area contributed by atoms with E-state index >= 15 is 0 Å². The Balaban J connectivity index is 2.15. The van der Waals surface area contributed by atoms with Gasteiger partial charge in [0.15, 0.2) is 0 Å². The van der Waals surface area contributed by atoms with Gasteiger partial charge in [-0.25, -0.2) is 4.39 Å². The second kappa shape index (κ2) is 6.27. The van der Waals surface area contributed by atoms with Crippen LogP contribution in [0.1, 0.15) is 36.0 Å². The quantitative estimate of drug-likeness (QED) is 0.804. The van der Waals surface area contributed by atoms with Gasteiger partial charge in [0.1, 0.15) is 5.82 Å². The van der Waals surface area contributed by atoms with Crippen LogP contribution in [0.2, 0.25) is 0 Å². The topological polar surface area (TPSA) is 33.2 Å². The molecule has 1 amide bonds. The molecule has 1 atom stereocenters. The van der Waals surface area contributed by atoms with Crippen LogP contribution in [0.5, 0.6) is 0 Å². The van der Waals surface area contributed by atoms with Crippen molar-refractivity contribution in [3.8, 4) is 0 Å². The van der Waals surface area contributed by atoms with E-state index in [1.807, 2.05) is 4.90 Å². The largest absolute Gasteiger partial charge is 0.336 e. The second-order valence-electron chi connectivity index (χ2n) is 4.52. The monoisotopic (exact) mass is 314 g/mol. The Labute approximate surface area is 115 Å². The molecule has 98 valence electrons. The normalized spacial score (nSPS) is 19.9. The van der Waals surface area contributed by atoms with Gasteiger partial charge in [0.25, 0.3) is 5.91 Å². The van der Waals surface area contributed by atoms with E-state index in [9.17, 15) is 9.18 Å². The van der Waals surface area contributed by atoms with Gasteiger partial charge in [-0.2, -0.15) is 0 Å². The predicted octanol–water partition coefficient (Wildman–Crippen LogP) is 3.00. The summed E-state index contributed by atoms with van der Waals surface area (Å²) in [6.45, 7) is 0.757. The molecule has 1 aliphatic rings. The third-order valence-corrected chi connectivity index (χ3v) is 3.74. The maximum Gasteiger partial charge on any atom is 0.255 e. The van der Waals surface area contributed by atoms with Crippen LogP contribution in [0.25, 0.3) is 0 Å². The van der Waals surface area contributed by atoms with Gasteiger partial charge in [0.2, 0.25) is 0 Å². The zero-order chi connectivity index (χ0) is 13.0. The first-order valence-corrected chi connectivity index (χ1v) is 7.32. The molecule has 5 heteroatoms. The Morgan fingerprint density at radius 2 is 2.33 bits per heavy atom. The summed E-state index contributed by atoms with van der Waals surface area (Å²) in [7, 11) is 0. The van der Waals surface area contributed by atoms with E-state index in [0.29, 0.717) is 5.56 Å². The fraction of sp³-hybridized carbons (Fsp3) is 0.538. The Hall–Kier alpha value is -0.970. The van der Waals surface area contributed by atoms with Crippen LogP contribution < -0.4 is 0 Å². The fourth-order valence-corrected chi connectivity index (χ4v) is 2.92. The molecule has 3 nitrogen and oxygen atoms in total. The summed E-state index contributed by atoms with van der Waals surface area (Å²) < 4.78 is 13.1. The number of likely N-dealkylation sites (tertiary alicyclic amines) is 1. The minimum Gasteiger partial charge on any atom is -0.336 e. The number of alkyl halides is 1. The van der Waals surface area contributed by atoms with Gasteiger partial charge in [-0.3, -0.25) is 9.78 Å². The van der Waals surface area contributed by atoms with Crippen LogP contribution in [0.3, 0.4) is 0 Å². The zero-order valence-electron chi connectivity index (χ0n) is 10.1. The SMILES string of the molecule is O=C(c1cncc(F)c1)N1CCCCC1CCBr. The fourth-order valence-electron chi connectivity index (χ4n) is 2.39. The maximum atomic E-state index is 13.1. The molecule has 0 spiro atoms.